The molecule has 2 aliphatic rings. The van der Waals surface area contributed by atoms with Crippen LogP contribution in [0.15, 0.2) is 58.3 Å². The minimum absolute atomic E-state index is 0.0603. The maximum Gasteiger partial charge on any atom is 0.330 e. The predicted molar refractivity (Wildman–Crippen MR) is 181 cm³/mol. The molecule has 2 aromatic heterocycles. The second-order valence-electron chi connectivity index (χ2n) is 11.7. The molecule has 1 fully saturated rings. The van der Waals surface area contributed by atoms with Gasteiger partial charge in [-0.15, -0.1) is 0 Å². The summed E-state index contributed by atoms with van der Waals surface area (Å²) in [5.74, 6) is -0.0545. The lowest BCUT2D eigenvalue weighted by Gasteiger charge is -2.20. The maximum absolute atomic E-state index is 13.1. The Morgan fingerprint density at radius 1 is 1.02 bits per heavy atom. The van der Waals surface area contributed by atoms with Crippen LogP contribution in [0.5, 0.6) is 5.88 Å². The highest BCUT2D eigenvalue weighted by Crippen LogP contribution is 2.44. The van der Waals surface area contributed by atoms with E-state index in [0.717, 1.165) is 39.5 Å². The first kappa shape index (κ1) is 32.5. The zero-order valence-electron chi connectivity index (χ0n) is 26.2. The van der Waals surface area contributed by atoms with Gasteiger partial charge >= 0.3 is 5.69 Å². The number of carbonyl (C=O) groups is 2. The second kappa shape index (κ2) is 13.3. The van der Waals surface area contributed by atoms with Gasteiger partial charge in [0.25, 0.3) is 11.5 Å². The molecule has 4 aromatic rings. The van der Waals surface area contributed by atoms with Gasteiger partial charge in [-0.2, -0.15) is 0 Å². The van der Waals surface area contributed by atoms with E-state index in [2.05, 4.69) is 16.0 Å². The number of carbonyl (C=O) groups excluding carboxylic acids is 2. The van der Waals surface area contributed by atoms with Crippen LogP contribution in [-0.4, -0.2) is 45.1 Å². The number of pyridine rings is 1. The molecule has 47 heavy (non-hydrogen) atoms. The largest absolute Gasteiger partial charge is 0.478 e. The van der Waals surface area contributed by atoms with Gasteiger partial charge in [-0.05, 0) is 43.9 Å². The topological polar surface area (TPSA) is 136 Å². The Labute approximate surface area is 280 Å². The average Bonchev–Trinajstić information content (AvgIpc) is 3.67. The molecule has 1 aliphatic heterocycles. The van der Waals surface area contributed by atoms with Crippen LogP contribution >= 0.6 is 23.2 Å². The van der Waals surface area contributed by atoms with Gasteiger partial charge in [0.1, 0.15) is 5.56 Å². The van der Waals surface area contributed by atoms with Crippen molar-refractivity contribution in [3.8, 4) is 28.3 Å². The van der Waals surface area contributed by atoms with E-state index in [-0.39, 0.29) is 34.3 Å². The molecule has 0 spiro atoms. The van der Waals surface area contributed by atoms with Gasteiger partial charge in [-0.1, -0.05) is 53.5 Å². The Morgan fingerprint density at radius 2 is 1.74 bits per heavy atom. The van der Waals surface area contributed by atoms with Crippen molar-refractivity contribution < 1.29 is 14.3 Å². The van der Waals surface area contributed by atoms with Gasteiger partial charge in [0, 0.05) is 67.6 Å². The molecule has 2 atom stereocenters. The van der Waals surface area contributed by atoms with E-state index < -0.39 is 17.2 Å². The predicted octanol–water partition coefficient (Wildman–Crippen LogP) is 4.63. The van der Waals surface area contributed by atoms with Crippen molar-refractivity contribution in [2.45, 2.75) is 44.7 Å². The van der Waals surface area contributed by atoms with Crippen LogP contribution < -0.4 is 31.9 Å². The van der Waals surface area contributed by atoms with E-state index >= 15 is 0 Å². The quantitative estimate of drug-likeness (QED) is 0.235. The molecule has 0 saturated carbocycles. The summed E-state index contributed by atoms with van der Waals surface area (Å²) in [6.45, 7) is 3.05. The van der Waals surface area contributed by atoms with Gasteiger partial charge in [-0.25, -0.2) is 9.78 Å². The van der Waals surface area contributed by atoms with E-state index in [1.54, 1.807) is 18.2 Å². The number of amides is 2. The number of halogens is 2. The number of hydrogen-bond acceptors (Lipinski definition) is 7. The van der Waals surface area contributed by atoms with E-state index in [0.29, 0.717) is 52.9 Å². The summed E-state index contributed by atoms with van der Waals surface area (Å²) in [5, 5.41) is 9.97. The first-order valence-corrected chi connectivity index (χ1v) is 16.2. The first-order chi connectivity index (χ1) is 22.6. The Bertz CT molecular complexity index is 2020. The van der Waals surface area contributed by atoms with Crippen molar-refractivity contribution in [1.29, 1.82) is 0 Å². The van der Waals surface area contributed by atoms with Crippen LogP contribution in [0.25, 0.3) is 22.4 Å². The van der Waals surface area contributed by atoms with Crippen LogP contribution in [0.3, 0.4) is 0 Å². The fourth-order valence-electron chi connectivity index (χ4n) is 6.24. The Hall–Kier alpha value is -4.45. The molecule has 2 amide bonds. The number of aryl methyl sites for hydroxylation is 2. The smallest absolute Gasteiger partial charge is 0.330 e. The SMILES string of the molecule is CCOc1nc(-c2cccc(-c3cccc(NC(=O)c4cn(C)c(=O)n(C)c4=O)c3Cl)c2Cl)cc2c1[C@@H](NCC1CCC(=O)N1)CC2. The van der Waals surface area contributed by atoms with E-state index in [4.69, 9.17) is 32.9 Å². The van der Waals surface area contributed by atoms with Crippen LogP contribution in [0.4, 0.5) is 5.69 Å². The molecular formula is C34H34Cl2N6O5. The van der Waals surface area contributed by atoms with Gasteiger partial charge in [0.2, 0.25) is 11.8 Å². The molecule has 3 N–H and O–H groups in total. The molecule has 11 nitrogen and oxygen atoms in total. The van der Waals surface area contributed by atoms with E-state index in [1.165, 1.54) is 20.3 Å². The number of anilines is 1. The minimum Gasteiger partial charge on any atom is -0.478 e. The van der Waals surface area contributed by atoms with Gasteiger partial charge in [-0.3, -0.25) is 19.0 Å². The summed E-state index contributed by atoms with van der Waals surface area (Å²) in [6.07, 6.45) is 4.30. The molecule has 13 heteroatoms. The van der Waals surface area contributed by atoms with Crippen LogP contribution in [0.2, 0.25) is 10.0 Å². The van der Waals surface area contributed by atoms with Crippen molar-refractivity contribution in [3.63, 3.8) is 0 Å². The number of rotatable bonds is 9. The first-order valence-electron chi connectivity index (χ1n) is 15.4. The van der Waals surface area contributed by atoms with E-state index in [1.807, 2.05) is 31.2 Å². The van der Waals surface area contributed by atoms with Crippen molar-refractivity contribution in [2.75, 3.05) is 18.5 Å². The third kappa shape index (κ3) is 6.30. The Balaban J connectivity index is 1.30. The molecule has 3 heterocycles. The van der Waals surface area contributed by atoms with Gasteiger partial charge < -0.3 is 25.3 Å². The molecule has 6 rings (SSSR count). The van der Waals surface area contributed by atoms with Gasteiger partial charge in [0.05, 0.1) is 28.0 Å². The Morgan fingerprint density at radius 3 is 2.47 bits per heavy atom. The lowest BCUT2D eigenvalue weighted by Crippen LogP contribution is -2.40. The van der Waals surface area contributed by atoms with Crippen LogP contribution in [-0.2, 0) is 25.3 Å². The Kier molecular flexibility index (Phi) is 9.23. The number of hydrogen-bond donors (Lipinski definition) is 3. The summed E-state index contributed by atoms with van der Waals surface area (Å²) in [6, 6.07) is 13.0. The average molecular weight is 678 g/mol. The molecule has 1 aliphatic carbocycles. The molecule has 1 saturated heterocycles. The third-order valence-corrected chi connectivity index (χ3v) is 9.45. The number of benzene rings is 2. The summed E-state index contributed by atoms with van der Waals surface area (Å²) in [4.78, 5) is 54.4. The number of nitrogens with zero attached hydrogens (tertiary/aromatic N) is 3. The fraction of sp³-hybridized carbons (Fsp3) is 0.324. The summed E-state index contributed by atoms with van der Waals surface area (Å²) in [7, 11) is 2.77. The molecule has 2 aromatic carbocycles. The van der Waals surface area contributed by atoms with Crippen molar-refractivity contribution in [3.05, 3.63) is 96.2 Å². The van der Waals surface area contributed by atoms with E-state index in [9.17, 15) is 19.2 Å². The lowest BCUT2D eigenvalue weighted by atomic mass is 9.99. The fourth-order valence-corrected chi connectivity index (χ4v) is 6.84. The third-order valence-electron chi connectivity index (χ3n) is 8.64. The van der Waals surface area contributed by atoms with Crippen LogP contribution in [0, 0.1) is 0 Å². The molecule has 0 radical (unpaired) electrons. The highest BCUT2D eigenvalue weighted by atomic mass is 35.5. The molecular weight excluding hydrogens is 643 g/mol. The number of nitrogens with one attached hydrogen (secondary N) is 3. The molecule has 0 bridgehead atoms. The zero-order chi connectivity index (χ0) is 33.4. The van der Waals surface area contributed by atoms with Crippen LogP contribution in [0.1, 0.15) is 53.7 Å². The summed E-state index contributed by atoms with van der Waals surface area (Å²) >= 11 is 13.9. The molecule has 244 valence electrons. The number of ether oxygens (including phenoxy) is 1. The number of fused-ring (bicyclic) bond motifs is 1. The highest BCUT2D eigenvalue weighted by Gasteiger charge is 2.30. The van der Waals surface area contributed by atoms with Crippen molar-refractivity contribution in [1.82, 2.24) is 24.8 Å². The monoisotopic (exact) mass is 676 g/mol. The minimum atomic E-state index is -0.716. The molecule has 1 unspecified atom stereocenters. The highest BCUT2D eigenvalue weighted by molar-refractivity contribution is 6.39. The van der Waals surface area contributed by atoms with Crippen molar-refractivity contribution >= 4 is 40.7 Å². The normalized spacial score (nSPS) is 17.0. The standard InChI is InChI=1S/C34H34Cl2N6O5/c1-4-47-32-28-18(11-13-24(28)37-16-19-12-14-27(43)38-19)15-26(40-32)22-9-5-7-20(29(22)35)21-8-6-10-25(30(21)36)39-31(44)23-17-41(2)34(46)42(3)33(23)45/h5-10,15,17,19,24,37H,4,11-14,16H2,1-3H3,(H,38,43)(H,39,44)/t19?,24-/m0/s1. The second-order valence-corrected chi connectivity index (χ2v) is 12.5. The van der Waals surface area contributed by atoms with Gasteiger partial charge in [0.15, 0.2) is 0 Å². The summed E-state index contributed by atoms with van der Waals surface area (Å²) < 4.78 is 8.09. The maximum atomic E-state index is 13.1. The summed E-state index contributed by atoms with van der Waals surface area (Å²) in [5.41, 5.74) is 3.52. The van der Waals surface area contributed by atoms with Crippen molar-refractivity contribution in [2.24, 2.45) is 14.1 Å². The zero-order valence-corrected chi connectivity index (χ0v) is 27.7. The number of aromatic nitrogens is 3. The lowest BCUT2D eigenvalue weighted by molar-refractivity contribution is -0.119.